The van der Waals surface area contributed by atoms with Gasteiger partial charge in [-0.05, 0) is 66.6 Å². The van der Waals surface area contributed by atoms with Crippen LogP contribution in [0.2, 0.25) is 0 Å². The fraction of sp³-hybridized carbons (Fsp3) is 0.250. The van der Waals surface area contributed by atoms with E-state index in [1.807, 2.05) is 74.3 Å². The number of hydrogen-bond acceptors (Lipinski definition) is 2. The Morgan fingerprint density at radius 2 is 1.72 bits per heavy atom. The molecule has 29 heavy (non-hydrogen) atoms. The molecule has 2 aliphatic heterocycles. The Balaban J connectivity index is 1.67. The van der Waals surface area contributed by atoms with Crippen molar-refractivity contribution in [2.45, 2.75) is 31.2 Å². The Kier molecular flexibility index (Phi) is 3.47. The van der Waals surface area contributed by atoms with Crippen molar-refractivity contribution in [1.29, 1.82) is 0 Å². The summed E-state index contributed by atoms with van der Waals surface area (Å²) >= 11 is 0. The van der Waals surface area contributed by atoms with E-state index >= 15 is 0 Å². The summed E-state index contributed by atoms with van der Waals surface area (Å²) in [6.45, 7) is 3.87. The summed E-state index contributed by atoms with van der Waals surface area (Å²) < 4.78 is 46.6. The van der Waals surface area contributed by atoms with Gasteiger partial charge in [-0.3, -0.25) is 0 Å². The molecule has 0 saturated carbocycles. The number of anilines is 1. The second kappa shape index (κ2) is 5.56. The quantitative estimate of drug-likeness (QED) is 0.437. The van der Waals surface area contributed by atoms with Crippen molar-refractivity contribution >= 4 is 22.5 Å². The van der Waals surface area contributed by atoms with Gasteiger partial charge in [0.05, 0.1) is 11.0 Å². The van der Waals surface area contributed by atoms with E-state index in [0.29, 0.717) is 5.56 Å². The molecule has 1 atom stereocenters. The molecule has 1 unspecified atom stereocenters. The monoisotopic (exact) mass is 395 g/mol. The van der Waals surface area contributed by atoms with Gasteiger partial charge in [-0.15, -0.1) is 0 Å². The van der Waals surface area contributed by atoms with E-state index < -0.39 is 22.9 Å². The highest BCUT2D eigenvalue weighted by molar-refractivity contribution is 5.94. The first kappa shape index (κ1) is 18.1. The topological polar surface area (TPSA) is 12.5 Å². The van der Waals surface area contributed by atoms with Crippen LogP contribution in [0.4, 0.5) is 18.9 Å². The molecule has 3 aromatic rings. The molecule has 2 nitrogen and oxygen atoms in total. The highest BCUT2D eigenvalue weighted by Gasteiger charge is 2.58. The SMILES string of the molecule is CN1c2ccc(C(F)(F)F)cc2C(C)(C)C12C=Cc1c(ccc3ccccc13)O2. The van der Waals surface area contributed by atoms with Gasteiger partial charge in [0.2, 0.25) is 5.72 Å². The molecule has 2 heterocycles. The summed E-state index contributed by atoms with van der Waals surface area (Å²) in [5, 5.41) is 2.21. The summed E-state index contributed by atoms with van der Waals surface area (Å²) in [6, 6.07) is 16.0. The number of alkyl halides is 3. The third-order valence-electron chi connectivity index (χ3n) is 6.42. The van der Waals surface area contributed by atoms with Crippen LogP contribution in [-0.4, -0.2) is 12.8 Å². The molecule has 148 valence electrons. The van der Waals surface area contributed by atoms with Gasteiger partial charge < -0.3 is 9.64 Å². The Morgan fingerprint density at radius 3 is 2.48 bits per heavy atom. The minimum atomic E-state index is -4.38. The molecule has 0 N–H and O–H groups in total. The number of fused-ring (bicyclic) bond motifs is 4. The Labute approximate surface area is 167 Å². The molecule has 5 heteroatoms. The molecule has 0 aliphatic carbocycles. The molecule has 0 fully saturated rings. The zero-order chi connectivity index (χ0) is 20.6. The molecule has 2 aliphatic rings. The first-order valence-corrected chi connectivity index (χ1v) is 9.51. The third-order valence-corrected chi connectivity index (χ3v) is 6.42. The van der Waals surface area contributed by atoms with Crippen LogP contribution in [0.5, 0.6) is 5.75 Å². The predicted molar refractivity (Wildman–Crippen MR) is 109 cm³/mol. The van der Waals surface area contributed by atoms with Gasteiger partial charge >= 0.3 is 6.18 Å². The summed E-state index contributed by atoms with van der Waals surface area (Å²) in [4.78, 5) is 1.94. The molecule has 0 amide bonds. The van der Waals surface area contributed by atoms with Crippen molar-refractivity contribution in [1.82, 2.24) is 0 Å². The van der Waals surface area contributed by atoms with E-state index in [9.17, 15) is 13.2 Å². The van der Waals surface area contributed by atoms with Crippen LogP contribution in [-0.2, 0) is 11.6 Å². The highest BCUT2D eigenvalue weighted by Crippen LogP contribution is 2.55. The molecule has 3 aromatic carbocycles. The molecule has 0 radical (unpaired) electrons. The Bertz CT molecular complexity index is 1180. The average molecular weight is 395 g/mol. The van der Waals surface area contributed by atoms with E-state index in [0.717, 1.165) is 33.8 Å². The third kappa shape index (κ3) is 2.30. The standard InChI is InChI=1S/C24H20F3NO/c1-22(2)19-14-16(24(25,26)27)9-10-20(19)28(3)23(22)13-12-18-17-7-5-4-6-15(17)8-11-21(18)29-23/h4-14H,1-3H3. The van der Waals surface area contributed by atoms with E-state index in [1.165, 1.54) is 6.07 Å². The maximum Gasteiger partial charge on any atom is 0.416 e. The molecule has 0 saturated heterocycles. The summed E-state index contributed by atoms with van der Waals surface area (Å²) in [5.41, 5.74) is 0.124. The number of likely N-dealkylation sites (N-methyl/N-ethyl adjacent to an activating group) is 1. The molecular weight excluding hydrogens is 375 g/mol. The summed E-state index contributed by atoms with van der Waals surface area (Å²) in [5.74, 6) is 0.731. The molecule has 5 rings (SSSR count). The summed E-state index contributed by atoms with van der Waals surface area (Å²) in [6.07, 6.45) is -0.362. The number of hydrogen-bond donors (Lipinski definition) is 0. The van der Waals surface area contributed by atoms with E-state index in [1.54, 1.807) is 6.07 Å². The first-order chi connectivity index (χ1) is 13.6. The van der Waals surface area contributed by atoms with Crippen LogP contribution in [0.25, 0.3) is 16.8 Å². The maximum absolute atomic E-state index is 13.3. The van der Waals surface area contributed by atoms with Gasteiger partial charge in [0.25, 0.3) is 0 Å². The normalized spacial score (nSPS) is 21.9. The van der Waals surface area contributed by atoms with Crippen LogP contribution >= 0.6 is 0 Å². The van der Waals surface area contributed by atoms with Crippen LogP contribution in [0.1, 0.15) is 30.5 Å². The molecular formula is C24H20F3NO. The minimum absolute atomic E-state index is 0.628. The molecule has 0 aromatic heterocycles. The zero-order valence-corrected chi connectivity index (χ0v) is 16.3. The minimum Gasteiger partial charge on any atom is -0.463 e. The number of benzene rings is 3. The van der Waals surface area contributed by atoms with Crippen molar-refractivity contribution < 1.29 is 17.9 Å². The number of ether oxygens (including phenoxy) is 1. The zero-order valence-electron chi connectivity index (χ0n) is 16.3. The second-order valence-corrected chi connectivity index (χ2v) is 8.24. The first-order valence-electron chi connectivity index (χ1n) is 9.51. The van der Waals surface area contributed by atoms with E-state index in [4.69, 9.17) is 4.74 Å². The van der Waals surface area contributed by atoms with Gasteiger partial charge in [0.1, 0.15) is 5.75 Å². The predicted octanol–water partition coefficient (Wildman–Crippen LogP) is 6.39. The summed E-state index contributed by atoms with van der Waals surface area (Å²) in [7, 11) is 1.87. The largest absolute Gasteiger partial charge is 0.463 e. The van der Waals surface area contributed by atoms with Crippen LogP contribution < -0.4 is 9.64 Å². The fourth-order valence-electron chi connectivity index (χ4n) is 4.75. The van der Waals surface area contributed by atoms with Crippen molar-refractivity contribution in [2.75, 3.05) is 11.9 Å². The van der Waals surface area contributed by atoms with Crippen LogP contribution in [0, 0.1) is 0 Å². The van der Waals surface area contributed by atoms with Crippen molar-refractivity contribution in [2.24, 2.45) is 0 Å². The van der Waals surface area contributed by atoms with Gasteiger partial charge in [0.15, 0.2) is 0 Å². The van der Waals surface area contributed by atoms with Gasteiger partial charge in [0, 0.05) is 18.3 Å². The fourth-order valence-corrected chi connectivity index (χ4v) is 4.75. The van der Waals surface area contributed by atoms with E-state index in [-0.39, 0.29) is 0 Å². The van der Waals surface area contributed by atoms with Gasteiger partial charge in [-0.25, -0.2) is 0 Å². The average Bonchev–Trinajstić information content (AvgIpc) is 2.85. The maximum atomic E-state index is 13.3. The smallest absolute Gasteiger partial charge is 0.416 e. The lowest BCUT2D eigenvalue weighted by atomic mass is 9.76. The highest BCUT2D eigenvalue weighted by atomic mass is 19.4. The van der Waals surface area contributed by atoms with Crippen molar-refractivity contribution in [3.63, 3.8) is 0 Å². The van der Waals surface area contributed by atoms with Crippen LogP contribution in [0.3, 0.4) is 0 Å². The van der Waals surface area contributed by atoms with Crippen LogP contribution in [0.15, 0.2) is 60.7 Å². The Hall–Kier alpha value is -2.95. The number of halogens is 3. The van der Waals surface area contributed by atoms with Crippen molar-refractivity contribution in [3.8, 4) is 5.75 Å². The second-order valence-electron chi connectivity index (χ2n) is 8.24. The lowest BCUT2D eigenvalue weighted by Gasteiger charge is -2.46. The number of nitrogens with zero attached hydrogens (tertiary/aromatic N) is 1. The van der Waals surface area contributed by atoms with Gasteiger partial charge in [-0.1, -0.05) is 30.3 Å². The Morgan fingerprint density at radius 1 is 0.966 bits per heavy atom. The lowest BCUT2D eigenvalue weighted by Crippen LogP contribution is -2.58. The van der Waals surface area contributed by atoms with E-state index in [2.05, 4.69) is 0 Å². The van der Waals surface area contributed by atoms with Crippen molar-refractivity contribution in [3.05, 3.63) is 77.4 Å². The molecule has 0 bridgehead atoms. The lowest BCUT2D eigenvalue weighted by molar-refractivity contribution is -0.137. The number of rotatable bonds is 0. The van der Waals surface area contributed by atoms with Gasteiger partial charge in [-0.2, -0.15) is 13.2 Å². The molecule has 1 spiro atoms.